The summed E-state index contributed by atoms with van der Waals surface area (Å²) in [4.78, 5) is 10.4. The molecule has 0 atom stereocenters. The van der Waals surface area contributed by atoms with E-state index < -0.39 is 0 Å². The first-order chi connectivity index (χ1) is 28.3. The molecule has 0 aliphatic carbocycles. The molecule has 5 heteroatoms. The van der Waals surface area contributed by atoms with E-state index in [9.17, 15) is 0 Å². The van der Waals surface area contributed by atoms with Crippen molar-refractivity contribution in [1.82, 2.24) is 23.7 Å². The number of fused-ring (bicyclic) bond motifs is 10. The third kappa shape index (κ3) is 4.76. The predicted molar refractivity (Wildman–Crippen MR) is 236 cm³/mol. The molecule has 0 radical (unpaired) electrons. The van der Waals surface area contributed by atoms with Crippen molar-refractivity contribution in [1.29, 1.82) is 0 Å². The van der Waals surface area contributed by atoms with E-state index in [1.54, 1.807) is 0 Å². The van der Waals surface area contributed by atoms with Crippen molar-refractivity contribution >= 4 is 65.4 Å². The molecular weight excluding hydrogens is 695 g/mol. The molecule has 12 rings (SSSR count). The Morgan fingerprint density at radius 1 is 0.351 bits per heavy atom. The summed E-state index contributed by atoms with van der Waals surface area (Å²) in [5.74, 6) is 0.696. The van der Waals surface area contributed by atoms with Gasteiger partial charge in [0.15, 0.2) is 5.82 Å². The van der Waals surface area contributed by atoms with E-state index in [0.717, 1.165) is 50.3 Å². The molecule has 0 saturated heterocycles. The van der Waals surface area contributed by atoms with Crippen LogP contribution in [0.3, 0.4) is 0 Å². The summed E-state index contributed by atoms with van der Waals surface area (Å²) in [6.45, 7) is 0. The SMILES string of the molecule is c1ccc(-c2nc(-c3cccc(-n4c5c(ccc6c5ccn6-c5ccccc5)c5ccc6c(c7ccccc7n6-c6ccccc6)c54)c3)nc3ccccc23)cc1. The Kier molecular flexibility index (Phi) is 6.86. The van der Waals surface area contributed by atoms with Gasteiger partial charge in [0, 0.05) is 66.7 Å². The zero-order chi connectivity index (χ0) is 37.5. The lowest BCUT2D eigenvalue weighted by Crippen LogP contribution is -1.98. The van der Waals surface area contributed by atoms with Crippen LogP contribution in [0.25, 0.3) is 105 Å². The Morgan fingerprint density at radius 3 is 1.79 bits per heavy atom. The molecule has 5 nitrogen and oxygen atoms in total. The van der Waals surface area contributed by atoms with E-state index >= 15 is 0 Å². The number of para-hydroxylation sites is 4. The van der Waals surface area contributed by atoms with Gasteiger partial charge in [-0.05, 0) is 66.7 Å². The molecule has 4 aromatic heterocycles. The van der Waals surface area contributed by atoms with Gasteiger partial charge < -0.3 is 13.7 Å². The van der Waals surface area contributed by atoms with Crippen LogP contribution in [0.4, 0.5) is 0 Å². The van der Waals surface area contributed by atoms with Gasteiger partial charge in [-0.2, -0.15) is 0 Å². The van der Waals surface area contributed by atoms with Crippen LogP contribution in [0.1, 0.15) is 0 Å². The van der Waals surface area contributed by atoms with E-state index in [1.165, 1.54) is 49.0 Å². The summed E-state index contributed by atoms with van der Waals surface area (Å²) in [5, 5.41) is 7.07. The summed E-state index contributed by atoms with van der Waals surface area (Å²) in [6, 6.07) is 69.0. The largest absolute Gasteiger partial charge is 0.316 e. The second kappa shape index (κ2) is 12.4. The summed E-state index contributed by atoms with van der Waals surface area (Å²) in [5.41, 5.74) is 13.0. The van der Waals surface area contributed by atoms with Crippen LogP contribution in [-0.2, 0) is 0 Å². The quantitative estimate of drug-likeness (QED) is 0.177. The maximum Gasteiger partial charge on any atom is 0.160 e. The molecule has 4 heterocycles. The maximum absolute atomic E-state index is 5.28. The molecular formula is C52H33N5. The summed E-state index contributed by atoms with van der Waals surface area (Å²) >= 11 is 0. The van der Waals surface area contributed by atoms with Gasteiger partial charge in [0.2, 0.25) is 0 Å². The van der Waals surface area contributed by atoms with Crippen LogP contribution >= 0.6 is 0 Å². The monoisotopic (exact) mass is 727 g/mol. The zero-order valence-electron chi connectivity index (χ0n) is 30.8. The van der Waals surface area contributed by atoms with Crippen LogP contribution < -0.4 is 0 Å². The normalized spacial score (nSPS) is 11.9. The van der Waals surface area contributed by atoms with Crippen molar-refractivity contribution in [3.8, 4) is 39.7 Å². The van der Waals surface area contributed by atoms with Crippen LogP contribution in [0, 0.1) is 0 Å². The molecule has 12 aromatic rings. The van der Waals surface area contributed by atoms with E-state index in [-0.39, 0.29) is 0 Å². The number of benzene rings is 8. The Labute approximate surface area is 328 Å². The lowest BCUT2D eigenvalue weighted by molar-refractivity contribution is 1.13. The minimum Gasteiger partial charge on any atom is -0.316 e. The van der Waals surface area contributed by atoms with Gasteiger partial charge in [-0.3, -0.25) is 0 Å². The molecule has 0 spiro atoms. The van der Waals surface area contributed by atoms with Gasteiger partial charge in [0.1, 0.15) is 0 Å². The molecule has 266 valence electrons. The highest BCUT2D eigenvalue weighted by Crippen LogP contribution is 2.44. The van der Waals surface area contributed by atoms with Crippen molar-refractivity contribution in [3.05, 3.63) is 200 Å². The molecule has 0 N–H and O–H groups in total. The first-order valence-corrected chi connectivity index (χ1v) is 19.3. The molecule has 0 saturated carbocycles. The Balaban J connectivity index is 1.20. The molecule has 0 amide bonds. The second-order valence-corrected chi connectivity index (χ2v) is 14.6. The van der Waals surface area contributed by atoms with E-state index in [2.05, 4.69) is 202 Å². The summed E-state index contributed by atoms with van der Waals surface area (Å²) < 4.78 is 7.19. The van der Waals surface area contributed by atoms with Crippen LogP contribution in [0.5, 0.6) is 0 Å². The highest BCUT2D eigenvalue weighted by molar-refractivity contribution is 6.28. The van der Waals surface area contributed by atoms with Crippen molar-refractivity contribution < 1.29 is 0 Å². The molecule has 0 aliphatic heterocycles. The fourth-order valence-electron chi connectivity index (χ4n) is 9.00. The van der Waals surface area contributed by atoms with Crippen LogP contribution in [0.2, 0.25) is 0 Å². The van der Waals surface area contributed by atoms with Crippen molar-refractivity contribution in [3.63, 3.8) is 0 Å². The zero-order valence-corrected chi connectivity index (χ0v) is 30.8. The number of hydrogen-bond acceptors (Lipinski definition) is 2. The smallest absolute Gasteiger partial charge is 0.160 e. The Morgan fingerprint density at radius 2 is 0.982 bits per heavy atom. The third-order valence-corrected chi connectivity index (χ3v) is 11.5. The first-order valence-electron chi connectivity index (χ1n) is 19.3. The average molecular weight is 728 g/mol. The molecule has 0 bridgehead atoms. The number of aromatic nitrogens is 5. The number of hydrogen-bond donors (Lipinski definition) is 0. The molecule has 0 fully saturated rings. The minimum atomic E-state index is 0.696. The van der Waals surface area contributed by atoms with Crippen molar-refractivity contribution in [2.45, 2.75) is 0 Å². The predicted octanol–water partition coefficient (Wildman–Crippen LogP) is 13.1. The Hall–Kier alpha value is -7.76. The average Bonchev–Trinajstić information content (AvgIpc) is 3.97. The summed E-state index contributed by atoms with van der Waals surface area (Å²) in [6.07, 6.45) is 2.20. The number of nitrogens with zero attached hydrogens (tertiary/aromatic N) is 5. The molecule has 57 heavy (non-hydrogen) atoms. The molecule has 8 aromatic carbocycles. The highest BCUT2D eigenvalue weighted by atomic mass is 15.0. The van der Waals surface area contributed by atoms with E-state index in [1.807, 2.05) is 12.1 Å². The highest BCUT2D eigenvalue weighted by Gasteiger charge is 2.23. The standard InChI is InChI=1S/C52H33N5/c1-4-15-34(16-5-1)49-41-23-10-12-25-44(41)53-52(54-49)35-17-14-22-38(33-35)57-50-39(27-29-45-43(50)31-32-55(45)36-18-6-2-7-19-36)40-28-30-47-48(51(40)57)42-24-11-13-26-46(42)56(47)37-20-8-3-9-21-37/h1-33H. The van der Waals surface area contributed by atoms with Gasteiger partial charge in [-0.25, -0.2) is 9.97 Å². The third-order valence-electron chi connectivity index (χ3n) is 11.5. The molecule has 0 aliphatic rings. The number of rotatable bonds is 5. The topological polar surface area (TPSA) is 40.6 Å². The van der Waals surface area contributed by atoms with Gasteiger partial charge in [0.25, 0.3) is 0 Å². The molecule has 0 unspecified atom stereocenters. The minimum absolute atomic E-state index is 0.696. The second-order valence-electron chi connectivity index (χ2n) is 14.6. The van der Waals surface area contributed by atoms with Gasteiger partial charge in [0.05, 0.1) is 38.8 Å². The first kappa shape index (κ1) is 31.6. The van der Waals surface area contributed by atoms with Crippen LogP contribution in [0.15, 0.2) is 200 Å². The maximum atomic E-state index is 5.28. The van der Waals surface area contributed by atoms with Gasteiger partial charge in [-0.1, -0.05) is 127 Å². The fourth-order valence-corrected chi connectivity index (χ4v) is 9.00. The van der Waals surface area contributed by atoms with E-state index in [0.29, 0.717) is 5.82 Å². The lowest BCUT2D eigenvalue weighted by atomic mass is 10.1. The van der Waals surface area contributed by atoms with E-state index in [4.69, 9.17) is 9.97 Å². The van der Waals surface area contributed by atoms with Crippen molar-refractivity contribution in [2.75, 3.05) is 0 Å². The van der Waals surface area contributed by atoms with Gasteiger partial charge >= 0.3 is 0 Å². The lowest BCUT2D eigenvalue weighted by Gasteiger charge is -2.13. The fraction of sp³-hybridized carbons (Fsp3) is 0. The van der Waals surface area contributed by atoms with Crippen LogP contribution in [-0.4, -0.2) is 23.7 Å². The Bertz CT molecular complexity index is 3500. The van der Waals surface area contributed by atoms with Gasteiger partial charge in [-0.15, -0.1) is 0 Å². The van der Waals surface area contributed by atoms with Crippen molar-refractivity contribution in [2.24, 2.45) is 0 Å². The summed E-state index contributed by atoms with van der Waals surface area (Å²) in [7, 11) is 0.